The lowest BCUT2D eigenvalue weighted by atomic mass is 9.93. The summed E-state index contributed by atoms with van der Waals surface area (Å²) in [6.07, 6.45) is -0.959. The smallest absolute Gasteiger partial charge is 0.410 e. The molecule has 2 aromatic heterocycles. The minimum atomic E-state index is -4.63. The van der Waals surface area contributed by atoms with Crippen molar-refractivity contribution in [2.45, 2.75) is 31.6 Å². The number of carbonyl (C=O) groups excluding carboxylic acids is 2. The van der Waals surface area contributed by atoms with E-state index in [0.29, 0.717) is 17.1 Å². The first kappa shape index (κ1) is 26.7. The van der Waals surface area contributed by atoms with E-state index in [0.717, 1.165) is 10.5 Å². The zero-order chi connectivity index (χ0) is 26.5. The number of aromatic nitrogens is 1. The summed E-state index contributed by atoms with van der Waals surface area (Å²) in [6.45, 7) is 5.00. The number of nitrogens with zero attached hydrogens (tertiary/aromatic N) is 4. The van der Waals surface area contributed by atoms with Gasteiger partial charge in [0.15, 0.2) is 5.54 Å². The molecule has 0 saturated carbocycles. The Morgan fingerprint density at radius 2 is 2.06 bits per heavy atom. The molecule has 1 fully saturated rings. The van der Waals surface area contributed by atoms with Crippen molar-refractivity contribution >= 4 is 12.0 Å². The van der Waals surface area contributed by atoms with Gasteiger partial charge in [0.2, 0.25) is 5.91 Å². The molecule has 12 heteroatoms. The molecular formula is C24H26F3N5O4. The Labute approximate surface area is 206 Å². The third kappa shape index (κ3) is 5.85. The number of amides is 2. The second-order valence-corrected chi connectivity index (χ2v) is 8.40. The van der Waals surface area contributed by atoms with E-state index in [2.05, 4.69) is 17.6 Å². The van der Waals surface area contributed by atoms with Gasteiger partial charge in [-0.2, -0.15) is 18.4 Å². The number of pyridine rings is 1. The number of aryl methyl sites for hydroxylation is 1. The van der Waals surface area contributed by atoms with Crippen LogP contribution in [0.5, 0.6) is 0 Å². The fourth-order valence-electron chi connectivity index (χ4n) is 4.04. The maximum Gasteiger partial charge on any atom is 0.410 e. The zero-order valence-corrected chi connectivity index (χ0v) is 19.8. The zero-order valence-electron chi connectivity index (χ0n) is 19.8. The number of alkyl halides is 3. The van der Waals surface area contributed by atoms with E-state index >= 15 is 0 Å². The van der Waals surface area contributed by atoms with Gasteiger partial charge in [0.05, 0.1) is 6.07 Å². The third-order valence-electron chi connectivity index (χ3n) is 5.88. The molecule has 0 spiro atoms. The van der Waals surface area contributed by atoms with Crippen LogP contribution in [-0.2, 0) is 15.1 Å². The number of nitriles is 1. The highest BCUT2D eigenvalue weighted by Crippen LogP contribution is 2.36. The Balaban J connectivity index is 1.91. The average Bonchev–Trinajstić information content (AvgIpc) is 3.27. The van der Waals surface area contributed by atoms with Gasteiger partial charge in [0.25, 0.3) is 0 Å². The molecule has 3 rings (SSSR count). The van der Waals surface area contributed by atoms with E-state index in [1.165, 1.54) is 6.08 Å². The second kappa shape index (κ2) is 10.8. The summed E-state index contributed by atoms with van der Waals surface area (Å²) in [4.78, 5) is 31.9. The van der Waals surface area contributed by atoms with Crippen LogP contribution in [0, 0.1) is 18.3 Å². The predicted octanol–water partition coefficient (Wildman–Crippen LogP) is 3.38. The average molecular weight is 505 g/mol. The maximum atomic E-state index is 12.8. The van der Waals surface area contributed by atoms with Gasteiger partial charge in [-0.1, -0.05) is 12.7 Å². The highest BCUT2D eigenvalue weighted by molar-refractivity contribution is 5.86. The highest BCUT2D eigenvalue weighted by Gasteiger charge is 2.46. The van der Waals surface area contributed by atoms with Crippen molar-refractivity contribution in [3.8, 4) is 17.4 Å². The van der Waals surface area contributed by atoms with Crippen LogP contribution >= 0.6 is 0 Å². The summed E-state index contributed by atoms with van der Waals surface area (Å²) in [6, 6.07) is 6.17. The molecule has 1 unspecified atom stereocenters. The van der Waals surface area contributed by atoms with Crippen molar-refractivity contribution in [1.29, 1.82) is 5.26 Å². The van der Waals surface area contributed by atoms with Gasteiger partial charge >= 0.3 is 12.3 Å². The topological polar surface area (TPSA) is 112 Å². The molecule has 9 nitrogen and oxygen atoms in total. The number of ether oxygens (including phenoxy) is 1. The van der Waals surface area contributed by atoms with E-state index in [-0.39, 0.29) is 26.2 Å². The summed E-state index contributed by atoms with van der Waals surface area (Å²) >= 11 is 0. The molecule has 0 aliphatic carbocycles. The second-order valence-electron chi connectivity index (χ2n) is 8.40. The van der Waals surface area contributed by atoms with Crippen LogP contribution in [0.2, 0.25) is 0 Å². The Morgan fingerprint density at radius 3 is 2.67 bits per heavy atom. The minimum Gasteiger partial charge on any atom is -0.458 e. The van der Waals surface area contributed by atoms with Crippen molar-refractivity contribution in [2.75, 3.05) is 32.8 Å². The Morgan fingerprint density at radius 1 is 1.36 bits per heavy atom. The van der Waals surface area contributed by atoms with Crippen LogP contribution in [0.15, 0.2) is 47.7 Å². The molecule has 36 heavy (non-hydrogen) atoms. The normalized spacial score (nSPS) is 18.1. The maximum absolute atomic E-state index is 12.8. The van der Waals surface area contributed by atoms with E-state index in [4.69, 9.17) is 9.15 Å². The molecule has 1 N–H and O–H groups in total. The molecule has 192 valence electrons. The summed E-state index contributed by atoms with van der Waals surface area (Å²) in [5.74, 6) is -0.173. The van der Waals surface area contributed by atoms with Crippen molar-refractivity contribution in [1.82, 2.24) is 20.1 Å². The van der Waals surface area contributed by atoms with Gasteiger partial charge in [0.1, 0.15) is 30.7 Å². The molecule has 0 radical (unpaired) electrons. The summed E-state index contributed by atoms with van der Waals surface area (Å²) < 4.78 is 49.3. The van der Waals surface area contributed by atoms with E-state index < -0.39 is 36.3 Å². The number of carbonyl (C=O) groups is 2. The number of hydrogen-bond acceptors (Lipinski definition) is 7. The lowest BCUT2D eigenvalue weighted by Crippen LogP contribution is -2.64. The van der Waals surface area contributed by atoms with Crippen LogP contribution in [0.25, 0.3) is 11.3 Å². The lowest BCUT2D eigenvalue weighted by Gasteiger charge is -2.44. The first-order valence-electron chi connectivity index (χ1n) is 11.1. The molecule has 2 aromatic rings. The first-order valence-corrected chi connectivity index (χ1v) is 11.1. The number of hydrogen-bond donors (Lipinski definition) is 1. The monoisotopic (exact) mass is 505 g/mol. The number of piperazine rings is 1. The van der Waals surface area contributed by atoms with Gasteiger partial charge in [-0.25, -0.2) is 4.79 Å². The van der Waals surface area contributed by atoms with Crippen molar-refractivity contribution in [3.63, 3.8) is 0 Å². The Kier molecular flexibility index (Phi) is 8.04. The van der Waals surface area contributed by atoms with Gasteiger partial charge in [0, 0.05) is 37.6 Å². The molecular weight excluding hydrogens is 479 g/mol. The quantitative estimate of drug-likeness (QED) is 0.574. The van der Waals surface area contributed by atoms with Crippen LogP contribution in [0.1, 0.15) is 18.2 Å². The third-order valence-corrected chi connectivity index (χ3v) is 5.88. The van der Waals surface area contributed by atoms with Crippen molar-refractivity contribution in [2.24, 2.45) is 0 Å². The molecule has 3 heterocycles. The highest BCUT2D eigenvalue weighted by atomic mass is 19.4. The summed E-state index contributed by atoms with van der Waals surface area (Å²) in [5, 5.41) is 12.0. The van der Waals surface area contributed by atoms with E-state index in [9.17, 15) is 28.0 Å². The fraction of sp³-hybridized carbons (Fsp3) is 0.417. The number of rotatable bonds is 7. The van der Waals surface area contributed by atoms with E-state index in [1.54, 1.807) is 49.3 Å². The van der Waals surface area contributed by atoms with Crippen molar-refractivity contribution < 1.29 is 31.9 Å². The molecule has 0 bridgehead atoms. The molecule has 1 saturated heterocycles. The van der Waals surface area contributed by atoms with Gasteiger partial charge in [-0.05, 0) is 37.6 Å². The number of nitrogens with one attached hydrogen (secondary N) is 1. The SMILES string of the molecule is C=CCOC(=O)N1CCN(C(C)(C#N)c2oc(-c3ccncc3)cc2C)C[C@H]1C(=O)NCC(F)(F)F. The largest absolute Gasteiger partial charge is 0.458 e. The van der Waals surface area contributed by atoms with Gasteiger partial charge in [-0.3, -0.25) is 19.6 Å². The van der Waals surface area contributed by atoms with Crippen LogP contribution in [0.4, 0.5) is 18.0 Å². The minimum absolute atomic E-state index is 0.0612. The molecule has 2 amide bonds. The molecule has 2 atom stereocenters. The van der Waals surface area contributed by atoms with E-state index in [1.807, 2.05) is 5.32 Å². The molecule has 0 aromatic carbocycles. The summed E-state index contributed by atoms with van der Waals surface area (Å²) in [7, 11) is 0. The van der Waals surface area contributed by atoms with Gasteiger partial charge in [-0.15, -0.1) is 0 Å². The van der Waals surface area contributed by atoms with Crippen LogP contribution < -0.4 is 5.32 Å². The Hall–Kier alpha value is -3.85. The number of halogens is 3. The van der Waals surface area contributed by atoms with Crippen LogP contribution in [-0.4, -0.2) is 71.8 Å². The van der Waals surface area contributed by atoms with Crippen LogP contribution in [0.3, 0.4) is 0 Å². The number of furan rings is 1. The van der Waals surface area contributed by atoms with Gasteiger partial charge < -0.3 is 14.5 Å². The first-order chi connectivity index (χ1) is 17.0. The fourth-order valence-corrected chi connectivity index (χ4v) is 4.04. The predicted molar refractivity (Wildman–Crippen MR) is 122 cm³/mol. The standard InChI is InChI=1S/C24H26F3N5O4/c1-4-11-35-22(34)32-10-9-31(13-18(32)21(33)30-15-24(25,26)27)23(3,14-28)20-16(2)12-19(36-20)17-5-7-29-8-6-17/h4-8,12,18H,1,9-11,13,15H2,2-3H3,(H,30,33)/t18-,23?/m0/s1. The molecule has 1 aliphatic rings. The summed E-state index contributed by atoms with van der Waals surface area (Å²) in [5.41, 5.74) is 0.0465. The Bertz CT molecular complexity index is 1140. The molecule has 1 aliphatic heterocycles. The lowest BCUT2D eigenvalue weighted by molar-refractivity contribution is -0.143. The van der Waals surface area contributed by atoms with Crippen molar-refractivity contribution in [3.05, 3.63) is 54.6 Å².